The van der Waals surface area contributed by atoms with E-state index in [-0.39, 0.29) is 11.7 Å². The lowest BCUT2D eigenvalue weighted by molar-refractivity contribution is -0.114. The molecule has 0 saturated heterocycles. The molecule has 72 valence electrons. The molecule has 0 aliphatic heterocycles. The van der Waals surface area contributed by atoms with Crippen LogP contribution in [0.5, 0.6) is 0 Å². The van der Waals surface area contributed by atoms with E-state index in [1.807, 2.05) is 54.6 Å². The van der Waals surface area contributed by atoms with E-state index in [1.54, 1.807) is 0 Å². The molecule has 1 aromatic carbocycles. The van der Waals surface area contributed by atoms with Gasteiger partial charge in [-0.2, -0.15) is 0 Å². The van der Waals surface area contributed by atoms with Gasteiger partial charge in [-0.25, -0.2) is 0 Å². The van der Waals surface area contributed by atoms with Crippen molar-refractivity contribution in [3.05, 3.63) is 60.2 Å². The van der Waals surface area contributed by atoms with Crippen LogP contribution in [0.15, 0.2) is 54.6 Å². The summed E-state index contributed by atoms with van der Waals surface area (Å²) in [6.07, 6.45) is 7.43. The van der Waals surface area contributed by atoms with Crippen LogP contribution in [0, 0.1) is 17.8 Å². The first-order valence-corrected chi connectivity index (χ1v) is 4.82. The molecule has 0 amide bonds. The highest BCUT2D eigenvalue weighted by atomic mass is 16.1. The average Bonchev–Trinajstić information content (AvgIpc) is 2.81. The molecule has 1 nitrogen and oxygen atoms in total. The number of hydrogen-bond acceptors (Lipinski definition) is 1. The lowest BCUT2D eigenvalue weighted by Gasteiger charge is -1.94. The molecule has 0 heterocycles. The van der Waals surface area contributed by atoms with Crippen molar-refractivity contribution < 1.29 is 4.79 Å². The van der Waals surface area contributed by atoms with Crippen molar-refractivity contribution in [1.29, 1.82) is 0 Å². The van der Waals surface area contributed by atoms with Gasteiger partial charge in [0.2, 0.25) is 5.78 Å². The Morgan fingerprint density at radius 3 is 2.40 bits per heavy atom. The first kappa shape index (κ1) is 9.48. The zero-order chi connectivity index (χ0) is 10.5. The van der Waals surface area contributed by atoms with Crippen molar-refractivity contribution in [3.8, 4) is 11.8 Å². The van der Waals surface area contributed by atoms with Gasteiger partial charge >= 0.3 is 0 Å². The normalized spacial score (nSPS) is 13.6. The Morgan fingerprint density at radius 2 is 1.73 bits per heavy atom. The van der Waals surface area contributed by atoms with E-state index in [2.05, 4.69) is 11.8 Å². The standard InChI is InChI=1S/C14H10O/c15-14(13-8-4-5-9-13)11-10-12-6-2-1-3-7-12/h1-9,13H. The highest BCUT2D eigenvalue weighted by molar-refractivity contribution is 6.00. The maximum atomic E-state index is 11.5. The number of ketones is 1. The summed E-state index contributed by atoms with van der Waals surface area (Å²) in [5.74, 6) is 5.30. The lowest BCUT2D eigenvalue weighted by atomic mass is 10.1. The Kier molecular flexibility index (Phi) is 2.80. The van der Waals surface area contributed by atoms with Gasteiger partial charge in [0.15, 0.2) is 0 Å². The predicted octanol–water partition coefficient (Wildman–Crippen LogP) is 2.35. The van der Waals surface area contributed by atoms with Crippen LogP contribution in [0.2, 0.25) is 0 Å². The number of hydrogen-bond donors (Lipinski definition) is 0. The van der Waals surface area contributed by atoms with Crippen LogP contribution in [0.25, 0.3) is 0 Å². The van der Waals surface area contributed by atoms with Gasteiger partial charge in [0, 0.05) is 5.56 Å². The molecule has 0 unspecified atom stereocenters. The summed E-state index contributed by atoms with van der Waals surface area (Å²) >= 11 is 0. The van der Waals surface area contributed by atoms with E-state index in [0.717, 1.165) is 5.56 Å². The maximum Gasteiger partial charge on any atom is 0.216 e. The Hall–Kier alpha value is -2.07. The molecule has 2 rings (SSSR count). The minimum Gasteiger partial charge on any atom is -0.284 e. The van der Waals surface area contributed by atoms with Crippen molar-refractivity contribution in [2.24, 2.45) is 5.92 Å². The van der Waals surface area contributed by atoms with Gasteiger partial charge in [-0.05, 0) is 18.1 Å². The van der Waals surface area contributed by atoms with Gasteiger partial charge in [0.25, 0.3) is 0 Å². The summed E-state index contributed by atoms with van der Waals surface area (Å²) in [4.78, 5) is 11.5. The molecule has 0 aromatic heterocycles. The summed E-state index contributed by atoms with van der Waals surface area (Å²) in [5.41, 5.74) is 0.872. The Balaban J connectivity index is 2.09. The van der Waals surface area contributed by atoms with Crippen LogP contribution in [0.3, 0.4) is 0 Å². The molecule has 0 N–H and O–H groups in total. The molecule has 1 aliphatic carbocycles. The van der Waals surface area contributed by atoms with E-state index in [4.69, 9.17) is 0 Å². The molecule has 0 fully saturated rings. The molecule has 0 bridgehead atoms. The van der Waals surface area contributed by atoms with Gasteiger partial charge in [-0.1, -0.05) is 48.4 Å². The van der Waals surface area contributed by atoms with Crippen molar-refractivity contribution in [2.45, 2.75) is 0 Å². The van der Waals surface area contributed by atoms with Crippen molar-refractivity contribution in [2.75, 3.05) is 0 Å². The summed E-state index contributed by atoms with van der Waals surface area (Å²) in [6, 6.07) is 9.52. The first-order valence-electron chi connectivity index (χ1n) is 4.82. The average molecular weight is 194 g/mol. The fraction of sp³-hybridized carbons (Fsp3) is 0.0714. The van der Waals surface area contributed by atoms with Crippen molar-refractivity contribution in [3.63, 3.8) is 0 Å². The molecular weight excluding hydrogens is 184 g/mol. The summed E-state index contributed by atoms with van der Waals surface area (Å²) in [7, 11) is 0. The number of rotatable bonds is 1. The molecule has 0 atom stereocenters. The monoisotopic (exact) mass is 194 g/mol. The van der Waals surface area contributed by atoms with Crippen LogP contribution >= 0.6 is 0 Å². The van der Waals surface area contributed by atoms with Crippen LogP contribution < -0.4 is 0 Å². The number of allylic oxidation sites excluding steroid dienone is 4. The predicted molar refractivity (Wildman–Crippen MR) is 60.1 cm³/mol. The third-order valence-electron chi connectivity index (χ3n) is 2.15. The highest BCUT2D eigenvalue weighted by Crippen LogP contribution is 2.09. The van der Waals surface area contributed by atoms with Gasteiger partial charge < -0.3 is 0 Å². The smallest absolute Gasteiger partial charge is 0.216 e. The zero-order valence-corrected chi connectivity index (χ0v) is 8.18. The van der Waals surface area contributed by atoms with Crippen LogP contribution in [0.4, 0.5) is 0 Å². The highest BCUT2D eigenvalue weighted by Gasteiger charge is 2.10. The number of carbonyl (C=O) groups is 1. The summed E-state index contributed by atoms with van der Waals surface area (Å²) < 4.78 is 0. The summed E-state index contributed by atoms with van der Waals surface area (Å²) in [5, 5.41) is 0. The molecule has 0 radical (unpaired) electrons. The van der Waals surface area contributed by atoms with E-state index in [1.165, 1.54) is 0 Å². The van der Waals surface area contributed by atoms with Crippen molar-refractivity contribution in [1.82, 2.24) is 0 Å². The molecule has 15 heavy (non-hydrogen) atoms. The van der Waals surface area contributed by atoms with Gasteiger partial charge in [0.1, 0.15) is 0 Å². The minimum atomic E-state index is -0.152. The number of carbonyl (C=O) groups excluding carboxylic acids is 1. The van der Waals surface area contributed by atoms with Crippen LogP contribution in [0.1, 0.15) is 5.56 Å². The Morgan fingerprint density at radius 1 is 1.07 bits per heavy atom. The van der Waals surface area contributed by atoms with E-state index >= 15 is 0 Å². The summed E-state index contributed by atoms with van der Waals surface area (Å²) in [6.45, 7) is 0. The van der Waals surface area contributed by atoms with Gasteiger partial charge in [-0.15, -0.1) is 0 Å². The fourth-order valence-electron chi connectivity index (χ4n) is 1.35. The second-order valence-electron chi connectivity index (χ2n) is 3.28. The minimum absolute atomic E-state index is 0.0520. The van der Waals surface area contributed by atoms with E-state index in [0.29, 0.717) is 0 Å². The second-order valence-corrected chi connectivity index (χ2v) is 3.28. The second kappa shape index (κ2) is 4.43. The van der Waals surface area contributed by atoms with E-state index < -0.39 is 0 Å². The molecule has 1 heteroatoms. The quantitative estimate of drug-likeness (QED) is 0.627. The Bertz CT molecular complexity index is 457. The van der Waals surface area contributed by atoms with Crippen molar-refractivity contribution >= 4 is 5.78 Å². The zero-order valence-electron chi connectivity index (χ0n) is 8.18. The van der Waals surface area contributed by atoms with Gasteiger partial charge in [-0.3, -0.25) is 4.79 Å². The molecular formula is C14H10O. The number of Topliss-reactive ketones (excluding diaryl/α,β-unsaturated/α-hetero) is 1. The molecule has 0 spiro atoms. The van der Waals surface area contributed by atoms with Crippen LogP contribution in [-0.4, -0.2) is 5.78 Å². The SMILES string of the molecule is O=C(C#Cc1ccccc1)C1C=CC=C1. The van der Waals surface area contributed by atoms with E-state index in [9.17, 15) is 4.79 Å². The largest absolute Gasteiger partial charge is 0.284 e. The topological polar surface area (TPSA) is 17.1 Å². The first-order chi connectivity index (χ1) is 7.36. The lowest BCUT2D eigenvalue weighted by Crippen LogP contribution is -2.04. The molecule has 1 aliphatic rings. The van der Waals surface area contributed by atoms with Gasteiger partial charge in [0.05, 0.1) is 5.92 Å². The molecule has 1 aromatic rings. The molecule has 0 saturated carbocycles. The fourth-order valence-corrected chi connectivity index (χ4v) is 1.35. The maximum absolute atomic E-state index is 11.5. The van der Waals surface area contributed by atoms with Crippen LogP contribution in [-0.2, 0) is 4.79 Å². The number of benzene rings is 1. The third kappa shape index (κ3) is 2.45. The third-order valence-corrected chi connectivity index (χ3v) is 2.15. The Labute approximate surface area is 89.1 Å².